The Kier molecular flexibility index (Phi) is 10.3. The second-order valence-corrected chi connectivity index (χ2v) is 11.7. The first-order valence-corrected chi connectivity index (χ1v) is 15.3. The Morgan fingerprint density at radius 3 is 2.33 bits per heavy atom. The average Bonchev–Trinajstić information content (AvgIpc) is 3.45. The summed E-state index contributed by atoms with van der Waals surface area (Å²) in [7, 11) is 1.55. The van der Waals surface area contributed by atoms with Crippen LogP contribution >= 0.6 is 15.9 Å². The fraction of sp³-hybridized carbons (Fsp3) is 0.257. The third-order valence-corrected chi connectivity index (χ3v) is 8.08. The Bertz CT molecular complexity index is 1660. The van der Waals surface area contributed by atoms with Crippen molar-refractivity contribution in [2.75, 3.05) is 20.3 Å². The summed E-state index contributed by atoms with van der Waals surface area (Å²) in [5.74, 6) is 0.968. The molecule has 46 heavy (non-hydrogen) atoms. The third-order valence-electron chi connectivity index (χ3n) is 7.55. The maximum Gasteiger partial charge on any atom is 0.416 e. The summed E-state index contributed by atoms with van der Waals surface area (Å²) < 4.78 is 57.9. The van der Waals surface area contributed by atoms with E-state index in [2.05, 4.69) is 21.2 Å². The van der Waals surface area contributed by atoms with Crippen LogP contribution < -0.4 is 14.8 Å². The van der Waals surface area contributed by atoms with Gasteiger partial charge in [0.05, 0.1) is 19.3 Å². The topological polar surface area (TPSA) is 89.4 Å². The number of methoxy groups -OCH3 is 1. The highest BCUT2D eigenvalue weighted by atomic mass is 79.9. The molecule has 2 N–H and O–H groups in total. The quantitative estimate of drug-likeness (QED) is 0.155. The number of aliphatic imine (C=N–C) groups is 1. The van der Waals surface area contributed by atoms with Crippen LogP contribution in [0.1, 0.15) is 40.3 Å². The van der Waals surface area contributed by atoms with Crippen LogP contribution in [0.5, 0.6) is 11.5 Å². The van der Waals surface area contributed by atoms with E-state index < -0.39 is 29.3 Å². The van der Waals surface area contributed by atoms with Gasteiger partial charge in [-0.05, 0) is 77.4 Å². The van der Waals surface area contributed by atoms with Crippen molar-refractivity contribution in [1.82, 2.24) is 5.32 Å². The molecule has 0 fully saturated rings. The van der Waals surface area contributed by atoms with Gasteiger partial charge in [-0.25, -0.2) is 4.99 Å². The number of amides is 1. The molecule has 0 spiro atoms. The van der Waals surface area contributed by atoms with Gasteiger partial charge in [0, 0.05) is 36.0 Å². The monoisotopic (exact) mass is 696 g/mol. The maximum absolute atomic E-state index is 14.4. The summed E-state index contributed by atoms with van der Waals surface area (Å²) in [6.45, 7) is 0.366. The predicted octanol–water partition coefficient (Wildman–Crippen LogP) is 7.05. The Morgan fingerprint density at radius 2 is 1.67 bits per heavy atom. The van der Waals surface area contributed by atoms with E-state index in [1.54, 1.807) is 49.6 Å². The molecule has 11 heteroatoms. The largest absolute Gasteiger partial charge is 0.497 e. The second-order valence-electron chi connectivity index (χ2n) is 10.7. The molecule has 0 bridgehead atoms. The zero-order valence-corrected chi connectivity index (χ0v) is 26.5. The van der Waals surface area contributed by atoms with E-state index in [9.17, 15) is 18.0 Å². The number of rotatable bonds is 12. The summed E-state index contributed by atoms with van der Waals surface area (Å²) in [5.41, 5.74) is 0.327. The Hall–Kier alpha value is -4.35. The highest BCUT2D eigenvalue weighted by Gasteiger charge is 2.53. The third kappa shape index (κ3) is 7.71. The number of aliphatic hydroxyl groups is 1. The van der Waals surface area contributed by atoms with Crippen molar-refractivity contribution >= 4 is 27.7 Å². The van der Waals surface area contributed by atoms with Gasteiger partial charge in [0.1, 0.15) is 11.5 Å². The first kappa shape index (κ1) is 33.0. The first-order chi connectivity index (χ1) is 22.1. The molecule has 1 heterocycles. The summed E-state index contributed by atoms with van der Waals surface area (Å²) >= 11 is 3.46. The number of hydrogen-bond donors (Lipinski definition) is 2. The van der Waals surface area contributed by atoms with E-state index in [1.807, 2.05) is 30.3 Å². The molecule has 4 aromatic carbocycles. The van der Waals surface area contributed by atoms with Gasteiger partial charge in [-0.2, -0.15) is 13.2 Å². The number of carbonyl (C=O) groups is 1. The Morgan fingerprint density at radius 1 is 0.978 bits per heavy atom. The Labute approximate surface area is 273 Å². The number of nitrogens with zero attached hydrogens (tertiary/aromatic N) is 1. The lowest BCUT2D eigenvalue weighted by molar-refractivity contribution is -0.137. The zero-order valence-electron chi connectivity index (χ0n) is 24.9. The number of nitrogens with one attached hydrogen (secondary N) is 1. The molecule has 240 valence electrons. The number of hydrogen-bond acceptors (Lipinski definition) is 6. The van der Waals surface area contributed by atoms with Gasteiger partial charge in [-0.1, -0.05) is 52.3 Å². The maximum atomic E-state index is 14.4. The molecule has 0 aliphatic carbocycles. The van der Waals surface area contributed by atoms with E-state index in [-0.39, 0.29) is 25.5 Å². The van der Waals surface area contributed by atoms with Crippen LogP contribution in [0.2, 0.25) is 0 Å². The molecule has 0 radical (unpaired) electrons. The molecule has 0 saturated heterocycles. The normalized spacial score (nSPS) is 17.6. The summed E-state index contributed by atoms with van der Waals surface area (Å²) in [5, 5.41) is 12.0. The van der Waals surface area contributed by atoms with Crippen LogP contribution in [0.25, 0.3) is 0 Å². The number of benzene rings is 4. The number of ether oxygens (including phenoxy) is 3. The minimum absolute atomic E-state index is 0.0192. The van der Waals surface area contributed by atoms with Crippen molar-refractivity contribution in [3.8, 4) is 11.5 Å². The van der Waals surface area contributed by atoms with Crippen LogP contribution in [0.3, 0.4) is 0 Å². The number of halogens is 4. The Balaban J connectivity index is 1.54. The van der Waals surface area contributed by atoms with E-state index in [1.165, 1.54) is 12.1 Å². The minimum atomic E-state index is -4.46. The highest BCUT2D eigenvalue weighted by molar-refractivity contribution is 9.10. The number of alkyl halides is 3. The molecule has 7 nitrogen and oxygen atoms in total. The molecular weight excluding hydrogens is 665 g/mol. The smallest absolute Gasteiger partial charge is 0.416 e. The average molecular weight is 698 g/mol. The lowest BCUT2D eigenvalue weighted by atomic mass is 9.82. The molecule has 0 saturated carbocycles. The van der Waals surface area contributed by atoms with Crippen molar-refractivity contribution in [3.05, 3.63) is 129 Å². The standard InChI is InChI=1S/C35H32BrF3N2O5/c1-44-30-5-2-4-26(20-30)31-34(21-23-8-14-28(36)15-9-23,33(43)40-22-24-6-12-27(13-7-24)35(37,38)39)41-32(46-31)25-10-16-29(17-11-25)45-19-3-18-42/h2,4-17,20,31,42H,3,18-19,21-22H2,1H3,(H,40,43)/t31-,34-/m1/s1. The molecule has 5 rings (SSSR count). The molecular formula is C35H32BrF3N2O5. The van der Waals surface area contributed by atoms with Gasteiger partial charge in [0.2, 0.25) is 5.90 Å². The van der Waals surface area contributed by atoms with Crippen molar-refractivity contribution in [2.45, 2.75) is 37.2 Å². The second kappa shape index (κ2) is 14.4. The SMILES string of the molecule is COc1cccc([C@H]2OC(c3ccc(OCCCO)cc3)=N[C@@]2(Cc2ccc(Br)cc2)C(=O)NCc2ccc(C(F)(F)F)cc2)c1. The van der Waals surface area contributed by atoms with Crippen LogP contribution in [-0.4, -0.2) is 42.8 Å². The first-order valence-electron chi connectivity index (χ1n) is 14.5. The fourth-order valence-electron chi connectivity index (χ4n) is 5.15. The van der Waals surface area contributed by atoms with Crippen LogP contribution in [0.15, 0.2) is 107 Å². The number of carbonyl (C=O) groups excluding carboxylic acids is 1. The van der Waals surface area contributed by atoms with E-state index in [0.29, 0.717) is 41.2 Å². The summed E-state index contributed by atoms with van der Waals surface area (Å²) in [6.07, 6.45) is -4.68. The van der Waals surface area contributed by atoms with Crippen molar-refractivity contribution in [3.63, 3.8) is 0 Å². The van der Waals surface area contributed by atoms with Crippen molar-refractivity contribution in [2.24, 2.45) is 4.99 Å². The van der Waals surface area contributed by atoms with Crippen LogP contribution in [-0.2, 0) is 28.7 Å². The molecule has 2 atom stereocenters. The highest BCUT2D eigenvalue weighted by Crippen LogP contribution is 2.43. The number of aliphatic hydroxyl groups excluding tert-OH is 1. The molecule has 0 aromatic heterocycles. The van der Waals surface area contributed by atoms with E-state index >= 15 is 0 Å². The molecule has 0 unspecified atom stereocenters. The van der Waals surface area contributed by atoms with Gasteiger partial charge >= 0.3 is 6.18 Å². The minimum Gasteiger partial charge on any atom is -0.497 e. The lowest BCUT2D eigenvalue weighted by Gasteiger charge is -2.31. The van der Waals surface area contributed by atoms with Gasteiger partial charge in [0.25, 0.3) is 5.91 Å². The molecule has 1 aliphatic rings. The van der Waals surface area contributed by atoms with Gasteiger partial charge in [-0.15, -0.1) is 0 Å². The van der Waals surface area contributed by atoms with Crippen LogP contribution in [0.4, 0.5) is 13.2 Å². The van der Waals surface area contributed by atoms with Gasteiger partial charge in [0.15, 0.2) is 11.6 Å². The summed E-state index contributed by atoms with van der Waals surface area (Å²) in [4.78, 5) is 19.4. The molecule has 4 aromatic rings. The molecule has 1 aliphatic heterocycles. The van der Waals surface area contributed by atoms with Crippen molar-refractivity contribution < 1.29 is 37.3 Å². The zero-order chi connectivity index (χ0) is 32.7. The molecule has 1 amide bonds. The lowest BCUT2D eigenvalue weighted by Crippen LogP contribution is -2.49. The van der Waals surface area contributed by atoms with Crippen LogP contribution in [0, 0.1) is 0 Å². The van der Waals surface area contributed by atoms with Gasteiger partial charge in [-0.3, -0.25) is 4.79 Å². The van der Waals surface area contributed by atoms with E-state index in [4.69, 9.17) is 24.3 Å². The predicted molar refractivity (Wildman–Crippen MR) is 171 cm³/mol. The fourth-order valence-corrected chi connectivity index (χ4v) is 5.41. The van der Waals surface area contributed by atoms with E-state index in [0.717, 1.165) is 22.2 Å². The van der Waals surface area contributed by atoms with Crippen molar-refractivity contribution in [1.29, 1.82) is 0 Å². The van der Waals surface area contributed by atoms with Gasteiger partial charge < -0.3 is 24.6 Å². The summed E-state index contributed by atoms with van der Waals surface area (Å²) in [6, 6.07) is 26.5.